The molecule has 1 saturated heterocycles. The highest BCUT2D eigenvalue weighted by Gasteiger charge is 2.33. The maximum atomic E-state index is 12.6. The van der Waals surface area contributed by atoms with E-state index >= 15 is 0 Å². The van der Waals surface area contributed by atoms with E-state index in [-0.39, 0.29) is 24.3 Å². The number of halogens is 3. The van der Waals surface area contributed by atoms with Gasteiger partial charge in [-0.2, -0.15) is 0 Å². The molecule has 11 heteroatoms. The monoisotopic (exact) mass is 609 g/mol. The van der Waals surface area contributed by atoms with Crippen LogP contribution in [0.2, 0.25) is 0 Å². The number of likely N-dealkylation sites (N-methyl/N-ethyl adjacent to an activating group) is 1. The van der Waals surface area contributed by atoms with Crippen LogP contribution in [0.4, 0.5) is 0 Å². The van der Waals surface area contributed by atoms with E-state index in [2.05, 4.69) is 77.2 Å². The normalized spacial score (nSPS) is 16.7. The number of nitrogens with zero attached hydrogens (tertiary/aromatic N) is 1. The summed E-state index contributed by atoms with van der Waals surface area (Å²) in [7, 11) is 1.51. The molecule has 166 valence electrons. The molecule has 1 aromatic carbocycles. The number of hydrogen-bond acceptors (Lipinski definition) is 5. The van der Waals surface area contributed by atoms with E-state index in [9.17, 15) is 9.59 Å². The summed E-state index contributed by atoms with van der Waals surface area (Å²) in [6, 6.07) is 3.59. The fraction of sp³-hybridized carbons (Fsp3) is 0.579. The van der Waals surface area contributed by atoms with Gasteiger partial charge in [0.1, 0.15) is 0 Å². The maximum absolute atomic E-state index is 12.6. The van der Waals surface area contributed by atoms with Crippen molar-refractivity contribution in [2.45, 2.75) is 26.2 Å². The molecule has 1 atom stereocenters. The molecule has 1 aromatic rings. The van der Waals surface area contributed by atoms with E-state index in [1.807, 2.05) is 13.1 Å². The number of carbonyl (C=O) groups excluding carboxylic acids is 2. The maximum Gasteiger partial charge on any atom is 0.480 e. The molecule has 1 aliphatic rings. The molecule has 0 aliphatic carbocycles. The molecule has 1 fully saturated rings. The molecule has 2 amide bonds. The highest BCUT2D eigenvalue weighted by molar-refractivity contribution is 9.13. The molecule has 1 heterocycles. The second-order valence-electron chi connectivity index (χ2n) is 7.62. The van der Waals surface area contributed by atoms with Gasteiger partial charge in [0.05, 0.1) is 18.0 Å². The van der Waals surface area contributed by atoms with Gasteiger partial charge >= 0.3 is 7.12 Å². The Kier molecular flexibility index (Phi) is 10.8. The quantitative estimate of drug-likeness (QED) is 0.366. The predicted octanol–water partition coefficient (Wildman–Crippen LogP) is 3.24. The summed E-state index contributed by atoms with van der Waals surface area (Å²) in [6.45, 7) is 6.72. The molecular weight excluding hydrogens is 585 g/mol. The molecule has 1 aliphatic heterocycles. The minimum absolute atomic E-state index is 0.145. The molecule has 0 aromatic heterocycles. The van der Waals surface area contributed by atoms with Gasteiger partial charge in [0, 0.05) is 39.7 Å². The first kappa shape index (κ1) is 25.8. The Hall–Kier alpha value is -0.455. The van der Waals surface area contributed by atoms with Crippen molar-refractivity contribution in [1.82, 2.24) is 15.5 Å². The molecule has 30 heavy (non-hydrogen) atoms. The van der Waals surface area contributed by atoms with Crippen LogP contribution in [0, 0.1) is 5.92 Å². The summed E-state index contributed by atoms with van der Waals surface area (Å²) < 4.78 is 13.8. The van der Waals surface area contributed by atoms with E-state index in [1.165, 1.54) is 0 Å². The average Bonchev–Trinajstić information content (AvgIpc) is 2.65. The third kappa shape index (κ3) is 7.91. The molecule has 2 rings (SSSR count). The van der Waals surface area contributed by atoms with Crippen molar-refractivity contribution in [3.05, 3.63) is 31.1 Å². The highest BCUT2D eigenvalue weighted by Crippen LogP contribution is 2.32. The zero-order valence-corrected chi connectivity index (χ0v) is 22.1. The van der Waals surface area contributed by atoms with E-state index < -0.39 is 7.12 Å². The molecule has 2 N–H and O–H groups in total. The van der Waals surface area contributed by atoms with E-state index in [4.69, 9.17) is 9.31 Å². The van der Waals surface area contributed by atoms with Crippen molar-refractivity contribution >= 4 is 66.7 Å². The third-order valence-electron chi connectivity index (χ3n) is 4.59. The molecule has 0 unspecified atom stereocenters. The number of benzene rings is 1. The van der Waals surface area contributed by atoms with Gasteiger partial charge in [-0.15, -0.1) is 0 Å². The Morgan fingerprint density at radius 1 is 1.13 bits per heavy atom. The van der Waals surface area contributed by atoms with Gasteiger partial charge in [-0.3, -0.25) is 9.59 Å². The lowest BCUT2D eigenvalue weighted by Crippen LogP contribution is -2.54. The lowest BCUT2D eigenvalue weighted by Gasteiger charge is -2.29. The Morgan fingerprint density at radius 3 is 2.33 bits per heavy atom. The van der Waals surface area contributed by atoms with E-state index in [0.717, 1.165) is 17.6 Å². The van der Waals surface area contributed by atoms with Crippen LogP contribution in [-0.4, -0.2) is 69.7 Å². The first-order valence-electron chi connectivity index (χ1n) is 9.81. The molecule has 0 bridgehead atoms. The van der Waals surface area contributed by atoms with Crippen LogP contribution in [0.5, 0.6) is 0 Å². The van der Waals surface area contributed by atoms with Gasteiger partial charge < -0.3 is 24.8 Å². The number of nitrogens with one attached hydrogen (secondary N) is 2. The van der Waals surface area contributed by atoms with Gasteiger partial charge in [-0.1, -0.05) is 13.8 Å². The van der Waals surface area contributed by atoms with Crippen molar-refractivity contribution in [3.63, 3.8) is 0 Å². The van der Waals surface area contributed by atoms with Crippen LogP contribution in [0.15, 0.2) is 25.6 Å². The second-order valence-corrected chi connectivity index (χ2v) is 10.1. The Labute approximate surface area is 203 Å². The summed E-state index contributed by atoms with van der Waals surface area (Å²) in [6.07, 6.45) is 0.711. The van der Waals surface area contributed by atoms with Crippen LogP contribution in [0.1, 0.15) is 30.6 Å². The summed E-state index contributed by atoms with van der Waals surface area (Å²) in [5.74, 6) is -0.587. The second kappa shape index (κ2) is 12.5. The van der Waals surface area contributed by atoms with E-state index in [0.29, 0.717) is 40.1 Å². The topological polar surface area (TPSA) is 79.9 Å². The van der Waals surface area contributed by atoms with Crippen molar-refractivity contribution < 1.29 is 18.9 Å². The van der Waals surface area contributed by atoms with Gasteiger partial charge in [0.15, 0.2) is 0 Å². The fourth-order valence-electron chi connectivity index (χ4n) is 3.03. The van der Waals surface area contributed by atoms with Gasteiger partial charge in [0.2, 0.25) is 5.91 Å². The summed E-state index contributed by atoms with van der Waals surface area (Å²) in [5, 5.41) is 5.65. The third-order valence-corrected chi connectivity index (χ3v) is 7.27. The van der Waals surface area contributed by atoms with E-state index in [1.54, 1.807) is 6.07 Å². The predicted molar refractivity (Wildman–Crippen MR) is 128 cm³/mol. The number of hydrogen-bond donors (Lipinski definition) is 2. The van der Waals surface area contributed by atoms with Crippen molar-refractivity contribution in [3.8, 4) is 0 Å². The van der Waals surface area contributed by atoms with Crippen LogP contribution in [0.25, 0.3) is 0 Å². The first-order chi connectivity index (χ1) is 14.2. The SMILES string of the molecule is CC(C)C[C@H](NC(=O)CNC(=O)c1c(Br)ccc(Br)c1Br)B1OCCN(C)CCO1. The zero-order valence-electron chi connectivity index (χ0n) is 17.3. The zero-order chi connectivity index (χ0) is 22.3. The largest absolute Gasteiger partial charge is 0.480 e. The van der Waals surface area contributed by atoms with Gasteiger partial charge in [-0.25, -0.2) is 0 Å². The lowest BCUT2D eigenvalue weighted by atomic mass is 9.73. The van der Waals surface area contributed by atoms with Gasteiger partial charge in [0.25, 0.3) is 5.91 Å². The average molecular weight is 612 g/mol. The summed E-state index contributed by atoms with van der Waals surface area (Å²) in [4.78, 5) is 27.3. The smallest absolute Gasteiger partial charge is 0.408 e. The number of amides is 2. The van der Waals surface area contributed by atoms with Crippen LogP contribution < -0.4 is 10.6 Å². The van der Waals surface area contributed by atoms with Crippen molar-refractivity contribution in [2.75, 3.05) is 39.9 Å². The lowest BCUT2D eigenvalue weighted by molar-refractivity contribution is -0.120. The summed E-state index contributed by atoms with van der Waals surface area (Å²) in [5.41, 5.74) is 0.423. The molecule has 0 radical (unpaired) electrons. The Morgan fingerprint density at radius 2 is 1.73 bits per heavy atom. The molecule has 7 nitrogen and oxygen atoms in total. The minimum Gasteiger partial charge on any atom is -0.408 e. The fourth-order valence-corrected chi connectivity index (χ4v) is 4.66. The van der Waals surface area contributed by atoms with Gasteiger partial charge in [-0.05, 0) is 79.3 Å². The number of carbonyl (C=O) groups is 2. The number of rotatable bonds is 7. The van der Waals surface area contributed by atoms with Crippen molar-refractivity contribution in [1.29, 1.82) is 0 Å². The van der Waals surface area contributed by atoms with Crippen LogP contribution in [0.3, 0.4) is 0 Å². The minimum atomic E-state index is -0.505. The van der Waals surface area contributed by atoms with Crippen molar-refractivity contribution in [2.24, 2.45) is 5.92 Å². The standard InChI is InChI=1S/C19H27BBr3N3O4/c1-12(2)10-15(20-29-8-6-26(3)7-9-30-20)25-16(27)11-24-19(28)17-13(21)4-5-14(22)18(17)23/h4-5,12,15H,6-11H2,1-3H3,(H,24,28)(H,25,27)/t15-/m0/s1. The Balaban J connectivity index is 1.97. The summed E-state index contributed by atoms with van der Waals surface area (Å²) >= 11 is 10.2. The van der Waals surface area contributed by atoms with Crippen LogP contribution in [-0.2, 0) is 14.1 Å². The Bertz CT molecular complexity index is 744. The highest BCUT2D eigenvalue weighted by atomic mass is 79.9. The molecular formula is C19H27BBr3N3O4. The first-order valence-corrected chi connectivity index (χ1v) is 12.2. The molecule has 0 saturated carbocycles. The molecule has 0 spiro atoms. The van der Waals surface area contributed by atoms with Crippen LogP contribution >= 0.6 is 47.8 Å².